The highest BCUT2D eigenvalue weighted by molar-refractivity contribution is 6.39. The number of anilines is 1. The van der Waals surface area contributed by atoms with Gasteiger partial charge in [-0.1, -0.05) is 54.1 Å². The van der Waals surface area contributed by atoms with Crippen molar-refractivity contribution in [3.8, 4) is 23.0 Å². The van der Waals surface area contributed by atoms with Crippen molar-refractivity contribution in [2.75, 3.05) is 26.2 Å². The van der Waals surface area contributed by atoms with Gasteiger partial charge in [0.25, 0.3) is 11.8 Å². The largest absolute Gasteiger partial charge is 0.495 e. The minimum Gasteiger partial charge on any atom is -0.495 e. The lowest BCUT2D eigenvalue weighted by Gasteiger charge is -2.28. The summed E-state index contributed by atoms with van der Waals surface area (Å²) in [7, 11) is 4.27. The fourth-order valence-corrected chi connectivity index (χ4v) is 4.97. The molecule has 5 rings (SSSR count). The lowest BCUT2D eigenvalue weighted by molar-refractivity contribution is -0.122. The van der Waals surface area contributed by atoms with Gasteiger partial charge in [-0.2, -0.15) is 0 Å². The fourth-order valence-electron chi connectivity index (χ4n) is 4.74. The first-order valence-corrected chi connectivity index (χ1v) is 13.2. The molecule has 0 saturated carbocycles. The van der Waals surface area contributed by atoms with E-state index in [1.807, 2.05) is 19.1 Å². The number of imide groups is 2. The number of ether oxygens (including phenoxy) is 4. The zero-order valence-corrected chi connectivity index (χ0v) is 24.1. The average Bonchev–Trinajstić information content (AvgIpc) is 2.99. The second-order valence-electron chi connectivity index (χ2n) is 9.40. The van der Waals surface area contributed by atoms with E-state index in [-0.39, 0.29) is 27.8 Å². The van der Waals surface area contributed by atoms with Crippen LogP contribution in [0.25, 0.3) is 16.8 Å². The fraction of sp³-hybridized carbons (Fsp3) is 0.156. The van der Waals surface area contributed by atoms with E-state index in [0.717, 1.165) is 26.8 Å². The van der Waals surface area contributed by atoms with Crippen LogP contribution in [-0.4, -0.2) is 39.2 Å². The van der Waals surface area contributed by atoms with Crippen molar-refractivity contribution < 1.29 is 33.3 Å². The second kappa shape index (κ2) is 11.8. The molecular formula is C32H27ClN2O7. The second-order valence-corrected chi connectivity index (χ2v) is 9.80. The van der Waals surface area contributed by atoms with Crippen LogP contribution in [0.15, 0.2) is 72.3 Å². The van der Waals surface area contributed by atoms with Gasteiger partial charge in [-0.25, -0.2) is 9.69 Å². The number of benzene rings is 4. The van der Waals surface area contributed by atoms with Gasteiger partial charge in [0, 0.05) is 17.7 Å². The summed E-state index contributed by atoms with van der Waals surface area (Å²) < 4.78 is 22.3. The number of urea groups is 1. The molecule has 214 valence electrons. The Labute approximate surface area is 247 Å². The predicted octanol–water partition coefficient (Wildman–Crippen LogP) is 6.07. The van der Waals surface area contributed by atoms with Crippen molar-refractivity contribution in [3.63, 3.8) is 0 Å². The first-order chi connectivity index (χ1) is 20.2. The van der Waals surface area contributed by atoms with Gasteiger partial charge in [-0.05, 0) is 47.0 Å². The Hall–Kier alpha value is -5.02. The molecule has 0 unspecified atom stereocenters. The monoisotopic (exact) mass is 586 g/mol. The first kappa shape index (κ1) is 28.5. The van der Waals surface area contributed by atoms with Crippen molar-refractivity contribution in [3.05, 3.63) is 94.0 Å². The number of nitrogens with zero attached hydrogens (tertiary/aromatic N) is 1. The number of carbonyl (C=O) groups is 3. The smallest absolute Gasteiger partial charge is 0.336 e. The molecule has 0 spiro atoms. The number of amides is 4. The minimum absolute atomic E-state index is 0.0599. The number of fused-ring (bicyclic) bond motifs is 1. The van der Waals surface area contributed by atoms with E-state index >= 15 is 0 Å². The molecule has 0 bridgehead atoms. The summed E-state index contributed by atoms with van der Waals surface area (Å²) in [5.74, 6) is -0.440. The van der Waals surface area contributed by atoms with E-state index in [1.54, 1.807) is 18.2 Å². The van der Waals surface area contributed by atoms with Crippen LogP contribution in [0.3, 0.4) is 0 Å². The third-order valence-corrected chi connectivity index (χ3v) is 7.24. The Balaban J connectivity index is 1.45. The number of nitrogens with one attached hydrogen (secondary N) is 1. The van der Waals surface area contributed by atoms with Gasteiger partial charge in [0.05, 0.1) is 32.0 Å². The van der Waals surface area contributed by atoms with Gasteiger partial charge >= 0.3 is 6.03 Å². The summed E-state index contributed by atoms with van der Waals surface area (Å²) in [5.41, 5.74) is 2.43. The van der Waals surface area contributed by atoms with E-state index in [1.165, 1.54) is 39.5 Å². The van der Waals surface area contributed by atoms with Crippen LogP contribution in [0.5, 0.6) is 23.0 Å². The molecule has 1 saturated heterocycles. The maximum atomic E-state index is 13.5. The van der Waals surface area contributed by atoms with E-state index in [4.69, 9.17) is 30.5 Å². The van der Waals surface area contributed by atoms with Gasteiger partial charge in [-0.15, -0.1) is 0 Å². The summed E-state index contributed by atoms with van der Waals surface area (Å²) >= 11 is 6.19. The molecule has 4 amide bonds. The highest BCUT2D eigenvalue weighted by atomic mass is 35.5. The van der Waals surface area contributed by atoms with Crippen molar-refractivity contribution in [1.82, 2.24) is 5.32 Å². The number of barbiturate groups is 1. The highest BCUT2D eigenvalue weighted by Crippen LogP contribution is 2.39. The van der Waals surface area contributed by atoms with Crippen LogP contribution < -0.4 is 29.2 Å². The van der Waals surface area contributed by atoms with Crippen molar-refractivity contribution in [2.24, 2.45) is 0 Å². The summed E-state index contributed by atoms with van der Waals surface area (Å²) in [5, 5.41) is 4.65. The molecule has 0 atom stereocenters. The van der Waals surface area contributed by atoms with Crippen LogP contribution >= 0.6 is 11.6 Å². The lowest BCUT2D eigenvalue weighted by Crippen LogP contribution is -2.54. The molecular weight excluding hydrogens is 560 g/mol. The number of hydrogen-bond donors (Lipinski definition) is 1. The van der Waals surface area contributed by atoms with E-state index in [0.29, 0.717) is 23.7 Å². The normalized spacial score (nSPS) is 14.3. The Bertz CT molecular complexity index is 1770. The lowest BCUT2D eigenvalue weighted by atomic mass is 10.0. The van der Waals surface area contributed by atoms with Crippen LogP contribution in [0, 0.1) is 6.92 Å². The number of aryl methyl sites for hydroxylation is 1. The van der Waals surface area contributed by atoms with Gasteiger partial charge in [0.15, 0.2) is 11.5 Å². The SMILES string of the molecule is COc1cc(N2C(=O)NC(=O)/C(=C\c3ccc(OCc4c(C)ccc5ccccc45)c(OC)c3)C2=O)c(OC)cc1Cl. The molecule has 10 heteroatoms. The number of hydrogen-bond acceptors (Lipinski definition) is 7. The molecule has 1 heterocycles. The number of halogens is 1. The van der Waals surface area contributed by atoms with E-state index < -0.39 is 17.8 Å². The molecule has 0 aromatic heterocycles. The molecule has 4 aromatic rings. The first-order valence-electron chi connectivity index (χ1n) is 12.9. The van der Waals surface area contributed by atoms with Gasteiger partial charge < -0.3 is 18.9 Å². The van der Waals surface area contributed by atoms with Gasteiger partial charge in [-0.3, -0.25) is 14.9 Å². The maximum Gasteiger partial charge on any atom is 0.336 e. The molecule has 0 aliphatic carbocycles. The molecule has 0 radical (unpaired) electrons. The Morgan fingerprint density at radius 2 is 1.57 bits per heavy atom. The van der Waals surface area contributed by atoms with Crippen molar-refractivity contribution >= 4 is 52.0 Å². The topological polar surface area (TPSA) is 103 Å². The number of rotatable bonds is 8. The van der Waals surface area contributed by atoms with Crippen LogP contribution in [0.2, 0.25) is 5.02 Å². The van der Waals surface area contributed by atoms with Crippen LogP contribution in [0.1, 0.15) is 16.7 Å². The zero-order valence-electron chi connectivity index (χ0n) is 23.3. The molecule has 42 heavy (non-hydrogen) atoms. The molecule has 1 fully saturated rings. The third-order valence-electron chi connectivity index (χ3n) is 6.94. The standard InChI is InChI=1S/C32H27ClN2O7/c1-18-9-11-20-7-5-6-8-21(20)23(18)17-42-26-12-10-19(14-29(26)41-4)13-22-30(36)34-32(38)35(31(22)37)25-16-27(39-2)24(33)15-28(25)40-3/h5-16H,17H2,1-4H3,(H,34,36,38)/b22-13+. The molecule has 4 aromatic carbocycles. The Morgan fingerprint density at radius 3 is 2.31 bits per heavy atom. The molecule has 1 N–H and O–H groups in total. The minimum atomic E-state index is -0.935. The van der Waals surface area contributed by atoms with E-state index in [9.17, 15) is 14.4 Å². The highest BCUT2D eigenvalue weighted by Gasteiger charge is 2.38. The van der Waals surface area contributed by atoms with Crippen molar-refractivity contribution in [2.45, 2.75) is 13.5 Å². The summed E-state index contributed by atoms with van der Waals surface area (Å²) in [6, 6.07) is 19.1. The molecule has 9 nitrogen and oxygen atoms in total. The van der Waals surface area contributed by atoms with Crippen LogP contribution in [0.4, 0.5) is 10.5 Å². The Kier molecular flexibility index (Phi) is 8.04. The summed E-state index contributed by atoms with van der Waals surface area (Å²) in [6.07, 6.45) is 1.37. The zero-order chi connectivity index (χ0) is 30.0. The quantitative estimate of drug-likeness (QED) is 0.197. The van der Waals surface area contributed by atoms with Crippen molar-refractivity contribution in [1.29, 1.82) is 0 Å². The third kappa shape index (κ3) is 5.34. The average molecular weight is 587 g/mol. The Morgan fingerprint density at radius 1 is 0.833 bits per heavy atom. The van der Waals surface area contributed by atoms with Gasteiger partial charge in [0.1, 0.15) is 23.7 Å². The van der Waals surface area contributed by atoms with E-state index in [2.05, 4.69) is 29.6 Å². The molecule has 1 aliphatic rings. The summed E-state index contributed by atoms with van der Waals surface area (Å²) in [6.45, 7) is 2.35. The number of methoxy groups -OCH3 is 3. The maximum absolute atomic E-state index is 13.5. The van der Waals surface area contributed by atoms with Gasteiger partial charge in [0.2, 0.25) is 0 Å². The predicted molar refractivity (Wildman–Crippen MR) is 160 cm³/mol. The van der Waals surface area contributed by atoms with Crippen LogP contribution in [-0.2, 0) is 16.2 Å². The molecule has 1 aliphatic heterocycles. The number of carbonyl (C=O) groups excluding carboxylic acids is 3. The summed E-state index contributed by atoms with van der Waals surface area (Å²) in [4.78, 5) is 39.9.